The van der Waals surface area contributed by atoms with Crippen LogP contribution in [0.1, 0.15) is 55.5 Å². The van der Waals surface area contributed by atoms with Gasteiger partial charge in [0.05, 0.1) is 0 Å². The van der Waals surface area contributed by atoms with E-state index in [1.54, 1.807) is 0 Å². The van der Waals surface area contributed by atoms with E-state index in [0.29, 0.717) is 0 Å². The number of anilines is 1. The summed E-state index contributed by atoms with van der Waals surface area (Å²) < 4.78 is 0. The molecule has 0 aliphatic rings. The Morgan fingerprint density at radius 1 is 0.326 bits per heavy atom. The summed E-state index contributed by atoms with van der Waals surface area (Å²) in [5.41, 5.74) is 8.05. The first-order valence-electron chi connectivity index (χ1n) is 16.5. The Hall–Kier alpha value is -4.88. The van der Waals surface area contributed by atoms with Gasteiger partial charge in [-0.3, -0.25) is 0 Å². The number of benzene rings is 6. The van der Waals surface area contributed by atoms with Crippen molar-refractivity contribution >= 4 is 5.69 Å². The summed E-state index contributed by atoms with van der Waals surface area (Å²) in [6.07, 6.45) is 2.06. The highest BCUT2D eigenvalue weighted by molar-refractivity contribution is 5.43. The summed E-state index contributed by atoms with van der Waals surface area (Å²) in [6, 6.07) is 62.7. The van der Waals surface area contributed by atoms with Crippen molar-refractivity contribution in [1.29, 1.82) is 0 Å². The van der Waals surface area contributed by atoms with Crippen LogP contribution in [0, 0.1) is 6.92 Å². The molecule has 0 aromatic heterocycles. The quantitative estimate of drug-likeness (QED) is 0.188. The van der Waals surface area contributed by atoms with Crippen LogP contribution in [0.25, 0.3) is 0 Å². The third-order valence-electron chi connectivity index (χ3n) is 6.40. The summed E-state index contributed by atoms with van der Waals surface area (Å²) in [7, 11) is 4.07. The summed E-state index contributed by atoms with van der Waals surface area (Å²) in [4.78, 5) is 2.08. The summed E-state index contributed by atoms with van der Waals surface area (Å²) in [5, 5.41) is 0. The molecule has 0 atom stereocenters. The number of hydrogen-bond acceptors (Lipinski definition) is 1. The molecule has 1 heteroatoms. The van der Waals surface area contributed by atoms with Gasteiger partial charge in [0, 0.05) is 19.8 Å². The van der Waals surface area contributed by atoms with E-state index in [1.807, 2.05) is 78.2 Å². The Bertz CT molecular complexity index is 1300. The van der Waals surface area contributed by atoms with Gasteiger partial charge in [-0.05, 0) is 54.2 Å². The molecule has 0 aliphatic heterocycles. The molecule has 0 aliphatic carbocycles. The van der Waals surface area contributed by atoms with Crippen molar-refractivity contribution in [2.24, 2.45) is 0 Å². The number of nitrogens with zero attached hydrogens (tertiary/aromatic N) is 1. The van der Waals surface area contributed by atoms with Crippen molar-refractivity contribution in [2.75, 3.05) is 19.0 Å². The molecule has 6 aromatic carbocycles. The van der Waals surface area contributed by atoms with E-state index in [9.17, 15) is 0 Å². The molecule has 1 nitrogen and oxygen atoms in total. The Kier molecular flexibility index (Phi) is 22.6. The van der Waals surface area contributed by atoms with Crippen LogP contribution in [-0.2, 0) is 12.8 Å². The van der Waals surface area contributed by atoms with Crippen molar-refractivity contribution in [2.45, 2.75) is 47.5 Å². The van der Waals surface area contributed by atoms with Crippen LogP contribution in [-0.4, -0.2) is 14.1 Å². The highest BCUT2D eigenvalue weighted by atomic mass is 15.1. The average Bonchev–Trinajstić information content (AvgIpc) is 3.13. The van der Waals surface area contributed by atoms with Gasteiger partial charge in [0.25, 0.3) is 0 Å². The fourth-order valence-electron chi connectivity index (χ4n) is 4.12. The molecule has 0 saturated heterocycles. The fourth-order valence-corrected chi connectivity index (χ4v) is 4.12. The molecular formula is C45H55N. The SMILES string of the molecule is CC.CC.CN(C)c1ccccc1.Cc1ccccc1.c1ccc(Cc2ccccc2)cc1.c1ccc(Cc2ccccc2)cc1. The monoisotopic (exact) mass is 609 g/mol. The molecule has 0 heterocycles. The summed E-state index contributed by atoms with van der Waals surface area (Å²) in [5.74, 6) is 0. The molecule has 0 fully saturated rings. The van der Waals surface area contributed by atoms with E-state index in [0.717, 1.165) is 12.8 Å². The molecule has 0 N–H and O–H groups in total. The maximum absolute atomic E-state index is 2.16. The first-order chi connectivity index (χ1) is 22.6. The van der Waals surface area contributed by atoms with Crippen LogP contribution in [0.3, 0.4) is 0 Å². The third kappa shape index (κ3) is 18.7. The molecular weight excluding hydrogens is 555 g/mol. The average molecular weight is 610 g/mol. The highest BCUT2D eigenvalue weighted by Gasteiger charge is 1.94. The van der Waals surface area contributed by atoms with E-state index >= 15 is 0 Å². The van der Waals surface area contributed by atoms with Crippen molar-refractivity contribution in [3.8, 4) is 0 Å². The maximum atomic E-state index is 2.16. The Balaban J connectivity index is 0.000000303. The van der Waals surface area contributed by atoms with Gasteiger partial charge in [-0.1, -0.05) is 203 Å². The molecule has 0 amide bonds. The molecule has 6 aromatic rings. The number of rotatable bonds is 5. The Morgan fingerprint density at radius 2 is 0.543 bits per heavy atom. The van der Waals surface area contributed by atoms with E-state index in [1.165, 1.54) is 33.5 Å². The smallest absolute Gasteiger partial charge is 0.0360 e. The minimum absolute atomic E-state index is 1.03. The topological polar surface area (TPSA) is 3.24 Å². The lowest BCUT2D eigenvalue weighted by molar-refractivity contribution is 1.13. The molecule has 0 saturated carbocycles. The standard InChI is InChI=1S/2C13H12.C8H11N.C7H8.2C2H6/c2*1-3-7-12(8-4-1)11-13-9-5-2-6-10-13;1-9(2)8-6-4-3-5-7-8;1-7-5-3-2-4-6-7;2*1-2/h2*1-10H,11H2;3-7H,1-2H3;2-6H,1H3;2*1-2H3. The Morgan fingerprint density at radius 3 is 0.717 bits per heavy atom. The van der Waals surface area contributed by atoms with Crippen LogP contribution < -0.4 is 4.90 Å². The first-order valence-corrected chi connectivity index (χ1v) is 16.5. The largest absolute Gasteiger partial charge is 0.378 e. The van der Waals surface area contributed by atoms with Gasteiger partial charge in [-0.2, -0.15) is 0 Å². The van der Waals surface area contributed by atoms with E-state index in [4.69, 9.17) is 0 Å². The molecule has 0 unspecified atom stereocenters. The van der Waals surface area contributed by atoms with Gasteiger partial charge >= 0.3 is 0 Å². The van der Waals surface area contributed by atoms with Gasteiger partial charge in [-0.25, -0.2) is 0 Å². The zero-order chi connectivity index (χ0) is 33.7. The normalized spacial score (nSPS) is 8.93. The fraction of sp³-hybridized carbons (Fsp3) is 0.200. The van der Waals surface area contributed by atoms with Crippen LogP contribution >= 0.6 is 0 Å². The highest BCUT2D eigenvalue weighted by Crippen LogP contribution is 2.09. The van der Waals surface area contributed by atoms with Crippen molar-refractivity contribution in [3.05, 3.63) is 210 Å². The predicted molar refractivity (Wildman–Crippen MR) is 206 cm³/mol. The molecule has 0 radical (unpaired) electrons. The van der Waals surface area contributed by atoms with Crippen LogP contribution in [0.4, 0.5) is 5.69 Å². The number of hydrogen-bond donors (Lipinski definition) is 0. The van der Waals surface area contributed by atoms with Gasteiger partial charge < -0.3 is 4.90 Å². The van der Waals surface area contributed by atoms with Crippen molar-refractivity contribution in [1.82, 2.24) is 0 Å². The molecule has 6 rings (SSSR count). The van der Waals surface area contributed by atoms with Gasteiger partial charge in [0.15, 0.2) is 0 Å². The summed E-state index contributed by atoms with van der Waals surface area (Å²) >= 11 is 0. The van der Waals surface area contributed by atoms with Crippen molar-refractivity contribution in [3.63, 3.8) is 0 Å². The number of aryl methyl sites for hydroxylation is 1. The van der Waals surface area contributed by atoms with Gasteiger partial charge in [-0.15, -0.1) is 0 Å². The van der Waals surface area contributed by atoms with Crippen LogP contribution in [0.5, 0.6) is 0 Å². The third-order valence-corrected chi connectivity index (χ3v) is 6.40. The first kappa shape index (κ1) is 39.1. The predicted octanol–water partition coefficient (Wildman–Crippen LogP) is 12.4. The maximum Gasteiger partial charge on any atom is 0.0360 e. The van der Waals surface area contributed by atoms with Crippen molar-refractivity contribution < 1.29 is 0 Å². The minimum atomic E-state index is 1.03. The Labute approximate surface area is 281 Å². The zero-order valence-electron chi connectivity index (χ0n) is 29.2. The molecule has 0 bridgehead atoms. The lowest BCUT2D eigenvalue weighted by Crippen LogP contribution is -2.07. The second-order valence-electron chi connectivity index (χ2n) is 10.2. The van der Waals surface area contributed by atoms with Crippen LogP contribution in [0.2, 0.25) is 0 Å². The second-order valence-corrected chi connectivity index (χ2v) is 10.2. The second kappa shape index (κ2) is 26.5. The van der Waals surface area contributed by atoms with E-state index < -0.39 is 0 Å². The lowest BCUT2D eigenvalue weighted by atomic mass is 10.1. The number of para-hydroxylation sites is 1. The molecule has 0 spiro atoms. The van der Waals surface area contributed by atoms with E-state index in [-0.39, 0.29) is 0 Å². The minimum Gasteiger partial charge on any atom is -0.378 e. The molecule has 46 heavy (non-hydrogen) atoms. The lowest BCUT2D eigenvalue weighted by Gasteiger charge is -2.10. The molecule has 240 valence electrons. The van der Waals surface area contributed by atoms with Gasteiger partial charge in [0.1, 0.15) is 0 Å². The van der Waals surface area contributed by atoms with E-state index in [2.05, 4.69) is 157 Å². The van der Waals surface area contributed by atoms with Crippen LogP contribution in [0.15, 0.2) is 182 Å². The summed E-state index contributed by atoms with van der Waals surface area (Å²) in [6.45, 7) is 10.1. The van der Waals surface area contributed by atoms with Gasteiger partial charge in [0.2, 0.25) is 0 Å². The zero-order valence-corrected chi connectivity index (χ0v) is 29.2.